The fraction of sp³-hybridized carbons (Fsp3) is 0.350. The van der Waals surface area contributed by atoms with Gasteiger partial charge in [0.1, 0.15) is 11.6 Å². The maximum absolute atomic E-state index is 13.4. The van der Waals surface area contributed by atoms with E-state index >= 15 is 0 Å². The van der Waals surface area contributed by atoms with Crippen molar-refractivity contribution in [2.24, 2.45) is 5.92 Å². The summed E-state index contributed by atoms with van der Waals surface area (Å²) in [5.74, 6) is -0.629. The maximum atomic E-state index is 13.4. The Morgan fingerprint density at radius 3 is 2.32 bits per heavy atom. The molecule has 3 rings (SSSR count). The smallest absolute Gasteiger partial charge is 0.307 e. The predicted molar refractivity (Wildman–Crippen MR) is 93.2 cm³/mol. The van der Waals surface area contributed by atoms with Gasteiger partial charge in [-0.3, -0.25) is 9.69 Å². The van der Waals surface area contributed by atoms with Crippen molar-refractivity contribution in [2.45, 2.75) is 18.9 Å². The number of rotatable bonds is 5. The molecule has 1 N–H and O–H groups in total. The van der Waals surface area contributed by atoms with Gasteiger partial charge in [0.15, 0.2) is 0 Å². The van der Waals surface area contributed by atoms with Crippen LogP contribution in [0.3, 0.4) is 0 Å². The largest absolute Gasteiger partial charge is 0.497 e. The van der Waals surface area contributed by atoms with Gasteiger partial charge >= 0.3 is 5.97 Å². The minimum atomic E-state index is -0.753. The molecule has 0 aromatic heterocycles. The minimum Gasteiger partial charge on any atom is -0.497 e. The molecule has 2 aromatic rings. The van der Waals surface area contributed by atoms with Crippen molar-refractivity contribution in [1.82, 2.24) is 4.90 Å². The number of likely N-dealkylation sites (tertiary alicyclic amines) is 1. The van der Waals surface area contributed by atoms with Crippen LogP contribution in [-0.2, 0) is 4.79 Å². The zero-order valence-corrected chi connectivity index (χ0v) is 14.2. The molecule has 25 heavy (non-hydrogen) atoms. The van der Waals surface area contributed by atoms with E-state index in [-0.39, 0.29) is 17.8 Å². The first-order chi connectivity index (χ1) is 12.1. The molecule has 2 aromatic carbocycles. The van der Waals surface area contributed by atoms with Crippen LogP contribution in [0.2, 0.25) is 0 Å². The molecular formula is C20H22FNO3. The van der Waals surface area contributed by atoms with Crippen LogP contribution in [0.25, 0.3) is 0 Å². The Bertz CT molecular complexity index is 715. The first-order valence-corrected chi connectivity index (χ1v) is 8.44. The third-order valence-corrected chi connectivity index (χ3v) is 4.78. The first-order valence-electron chi connectivity index (χ1n) is 8.44. The summed E-state index contributed by atoms with van der Waals surface area (Å²) in [5.41, 5.74) is 2.00. The Kier molecular flexibility index (Phi) is 5.34. The second kappa shape index (κ2) is 7.66. The van der Waals surface area contributed by atoms with Crippen molar-refractivity contribution < 1.29 is 19.0 Å². The van der Waals surface area contributed by atoms with Gasteiger partial charge in [0.25, 0.3) is 0 Å². The molecule has 0 saturated carbocycles. The molecule has 1 aliphatic rings. The number of aliphatic carboxylic acids is 1. The average molecular weight is 343 g/mol. The van der Waals surface area contributed by atoms with E-state index in [9.17, 15) is 14.3 Å². The summed E-state index contributed by atoms with van der Waals surface area (Å²) in [6.45, 7) is 1.31. The normalized spacial score (nSPS) is 19.4. The van der Waals surface area contributed by atoms with Gasteiger partial charge in [0.05, 0.1) is 19.1 Å². The highest BCUT2D eigenvalue weighted by molar-refractivity contribution is 5.70. The molecule has 4 nitrogen and oxygen atoms in total. The van der Waals surface area contributed by atoms with Crippen molar-refractivity contribution in [1.29, 1.82) is 0 Å². The second-order valence-corrected chi connectivity index (χ2v) is 6.40. The molecule has 1 saturated heterocycles. The first kappa shape index (κ1) is 17.4. The van der Waals surface area contributed by atoms with E-state index in [0.29, 0.717) is 13.0 Å². The highest BCUT2D eigenvalue weighted by Gasteiger charge is 2.31. The summed E-state index contributed by atoms with van der Waals surface area (Å²) >= 11 is 0. The lowest BCUT2D eigenvalue weighted by atomic mass is 9.91. The summed E-state index contributed by atoms with van der Waals surface area (Å²) < 4.78 is 18.6. The zero-order chi connectivity index (χ0) is 17.8. The highest BCUT2D eigenvalue weighted by Crippen LogP contribution is 2.33. The van der Waals surface area contributed by atoms with Crippen LogP contribution in [-0.4, -0.2) is 36.2 Å². The van der Waals surface area contributed by atoms with Gasteiger partial charge < -0.3 is 9.84 Å². The fourth-order valence-electron chi connectivity index (χ4n) is 3.49. The van der Waals surface area contributed by atoms with Gasteiger partial charge in [0.2, 0.25) is 0 Å². The van der Waals surface area contributed by atoms with Crippen LogP contribution in [0.4, 0.5) is 4.39 Å². The van der Waals surface area contributed by atoms with Crippen LogP contribution in [0.1, 0.15) is 30.0 Å². The topological polar surface area (TPSA) is 49.8 Å². The molecule has 1 heterocycles. The number of halogens is 1. The molecule has 0 aliphatic carbocycles. The Balaban J connectivity index is 1.95. The number of benzene rings is 2. The quantitative estimate of drug-likeness (QED) is 0.899. The van der Waals surface area contributed by atoms with Crippen LogP contribution >= 0.6 is 0 Å². The monoisotopic (exact) mass is 343 g/mol. The summed E-state index contributed by atoms with van der Waals surface area (Å²) in [7, 11) is 1.62. The van der Waals surface area contributed by atoms with Crippen LogP contribution in [0, 0.1) is 11.7 Å². The third kappa shape index (κ3) is 3.99. The van der Waals surface area contributed by atoms with Gasteiger partial charge in [-0.2, -0.15) is 0 Å². The molecular weight excluding hydrogens is 321 g/mol. The summed E-state index contributed by atoms with van der Waals surface area (Å²) in [6.07, 6.45) is 1.54. The van der Waals surface area contributed by atoms with Crippen molar-refractivity contribution in [2.75, 3.05) is 20.2 Å². The predicted octanol–water partition coefficient (Wildman–Crippen LogP) is 3.72. The van der Waals surface area contributed by atoms with Gasteiger partial charge in [0, 0.05) is 6.54 Å². The number of methoxy groups -OCH3 is 1. The second-order valence-electron chi connectivity index (χ2n) is 6.40. The molecule has 1 aliphatic heterocycles. The Morgan fingerprint density at radius 2 is 1.76 bits per heavy atom. The van der Waals surface area contributed by atoms with Crippen LogP contribution in [0.5, 0.6) is 5.75 Å². The number of carboxylic acids is 1. The highest BCUT2D eigenvalue weighted by atomic mass is 19.1. The number of carboxylic acid groups (broad SMARTS) is 1. The Hall–Kier alpha value is -2.40. The van der Waals surface area contributed by atoms with Gasteiger partial charge in [-0.25, -0.2) is 4.39 Å². The molecule has 0 spiro atoms. The SMILES string of the molecule is COc1ccc(C(c2ccc(F)cc2)N2CCCC(C(=O)O)C2)cc1. The zero-order valence-electron chi connectivity index (χ0n) is 14.2. The van der Waals surface area contributed by atoms with E-state index < -0.39 is 5.97 Å². The van der Waals surface area contributed by atoms with Crippen molar-refractivity contribution in [3.05, 3.63) is 65.5 Å². The lowest BCUT2D eigenvalue weighted by molar-refractivity contribution is -0.143. The van der Waals surface area contributed by atoms with E-state index in [2.05, 4.69) is 4.90 Å². The van der Waals surface area contributed by atoms with E-state index in [0.717, 1.165) is 29.8 Å². The molecule has 5 heteroatoms. The number of piperidine rings is 1. The molecule has 2 atom stereocenters. The van der Waals surface area contributed by atoms with E-state index in [1.807, 2.05) is 24.3 Å². The summed E-state index contributed by atoms with van der Waals surface area (Å²) in [6, 6.07) is 14.1. The van der Waals surface area contributed by atoms with Gasteiger partial charge in [-0.05, 0) is 54.8 Å². The number of ether oxygens (including phenoxy) is 1. The number of carbonyl (C=O) groups is 1. The lowest BCUT2D eigenvalue weighted by Gasteiger charge is -2.37. The molecule has 132 valence electrons. The van der Waals surface area contributed by atoms with E-state index in [1.165, 1.54) is 12.1 Å². The summed E-state index contributed by atoms with van der Waals surface area (Å²) in [4.78, 5) is 13.6. The Morgan fingerprint density at radius 1 is 1.16 bits per heavy atom. The van der Waals surface area contributed by atoms with Crippen molar-refractivity contribution in [3.8, 4) is 5.75 Å². The molecule has 0 radical (unpaired) electrons. The van der Waals surface area contributed by atoms with Gasteiger partial charge in [-0.1, -0.05) is 24.3 Å². The number of hydrogen-bond donors (Lipinski definition) is 1. The van der Waals surface area contributed by atoms with Gasteiger partial charge in [-0.15, -0.1) is 0 Å². The summed E-state index contributed by atoms with van der Waals surface area (Å²) in [5, 5.41) is 9.39. The fourth-order valence-corrected chi connectivity index (χ4v) is 3.49. The van der Waals surface area contributed by atoms with Crippen molar-refractivity contribution >= 4 is 5.97 Å². The maximum Gasteiger partial charge on any atom is 0.307 e. The van der Waals surface area contributed by atoms with Crippen LogP contribution < -0.4 is 4.74 Å². The number of hydrogen-bond acceptors (Lipinski definition) is 3. The van der Waals surface area contributed by atoms with E-state index in [4.69, 9.17) is 4.74 Å². The molecule has 1 fully saturated rings. The molecule has 2 unspecified atom stereocenters. The standard InChI is InChI=1S/C20H22FNO3/c1-25-18-10-6-15(7-11-18)19(14-4-8-17(21)9-5-14)22-12-2-3-16(13-22)20(23)24/h4-11,16,19H,2-3,12-13H2,1H3,(H,23,24). The van der Waals surface area contributed by atoms with Crippen molar-refractivity contribution in [3.63, 3.8) is 0 Å². The average Bonchev–Trinajstić information content (AvgIpc) is 2.64. The Labute approximate surface area is 146 Å². The third-order valence-electron chi connectivity index (χ3n) is 4.78. The lowest BCUT2D eigenvalue weighted by Crippen LogP contribution is -2.41. The van der Waals surface area contributed by atoms with E-state index in [1.54, 1.807) is 19.2 Å². The molecule has 0 amide bonds. The minimum absolute atomic E-state index is 0.103. The molecule has 0 bridgehead atoms. The van der Waals surface area contributed by atoms with Crippen LogP contribution in [0.15, 0.2) is 48.5 Å². The number of nitrogens with zero attached hydrogens (tertiary/aromatic N) is 1.